The number of aromatic nitrogens is 1. The second-order valence-electron chi connectivity index (χ2n) is 7.29. The first-order valence-electron chi connectivity index (χ1n) is 9.74. The van der Waals surface area contributed by atoms with E-state index in [0.717, 1.165) is 34.9 Å². The average molecular weight is 445 g/mol. The van der Waals surface area contributed by atoms with Crippen LogP contribution in [0, 0.1) is 6.92 Å². The first-order valence-corrected chi connectivity index (χ1v) is 12.1. The zero-order chi connectivity index (χ0) is 21.1. The molecule has 3 aromatic rings. The molecule has 4 rings (SSSR count). The monoisotopic (exact) mass is 444 g/mol. The predicted octanol–water partition coefficient (Wildman–Crippen LogP) is 4.39. The van der Waals surface area contributed by atoms with E-state index in [-0.39, 0.29) is 17.5 Å². The molecule has 0 spiro atoms. The molecule has 8 heteroatoms. The van der Waals surface area contributed by atoms with E-state index >= 15 is 0 Å². The van der Waals surface area contributed by atoms with Gasteiger partial charge in [0.05, 0.1) is 24.2 Å². The second-order valence-corrected chi connectivity index (χ2v) is 10.1. The lowest BCUT2D eigenvalue weighted by Crippen LogP contribution is -2.32. The molecule has 1 fully saturated rings. The van der Waals surface area contributed by atoms with Crippen molar-refractivity contribution in [1.82, 2.24) is 9.29 Å². The topological polar surface area (TPSA) is 68.7 Å². The van der Waals surface area contributed by atoms with Gasteiger partial charge in [0.15, 0.2) is 0 Å². The van der Waals surface area contributed by atoms with Crippen molar-refractivity contribution < 1.29 is 17.9 Å². The Kier molecular flexibility index (Phi) is 6.08. The number of rotatable bonds is 9. The van der Waals surface area contributed by atoms with Crippen molar-refractivity contribution in [3.8, 4) is 11.5 Å². The van der Waals surface area contributed by atoms with Gasteiger partial charge in [-0.05, 0) is 61.7 Å². The van der Waals surface area contributed by atoms with E-state index in [1.54, 1.807) is 35.7 Å². The van der Waals surface area contributed by atoms with E-state index < -0.39 is 10.0 Å². The average Bonchev–Trinajstić information content (AvgIpc) is 3.48. The smallest absolute Gasteiger partial charge is 0.243 e. The molecule has 1 heterocycles. The van der Waals surface area contributed by atoms with Crippen LogP contribution in [0.5, 0.6) is 11.5 Å². The molecule has 0 bridgehead atoms. The fourth-order valence-corrected chi connectivity index (χ4v) is 5.51. The molecule has 2 aromatic carbocycles. The van der Waals surface area contributed by atoms with Crippen LogP contribution in [0.25, 0.3) is 0 Å². The predicted molar refractivity (Wildman–Crippen MR) is 116 cm³/mol. The third kappa shape index (κ3) is 4.83. The van der Waals surface area contributed by atoms with Gasteiger partial charge in [-0.15, -0.1) is 11.3 Å². The molecule has 0 radical (unpaired) electrons. The molecule has 30 heavy (non-hydrogen) atoms. The molecular weight excluding hydrogens is 420 g/mol. The van der Waals surface area contributed by atoms with E-state index in [2.05, 4.69) is 4.98 Å². The summed E-state index contributed by atoms with van der Waals surface area (Å²) in [5, 5.41) is 2.73. The molecule has 0 saturated heterocycles. The molecule has 1 aliphatic carbocycles. The van der Waals surface area contributed by atoms with Gasteiger partial charge < -0.3 is 9.47 Å². The van der Waals surface area contributed by atoms with Crippen molar-refractivity contribution in [3.63, 3.8) is 0 Å². The van der Waals surface area contributed by atoms with Gasteiger partial charge in [-0.1, -0.05) is 12.1 Å². The van der Waals surface area contributed by atoms with Gasteiger partial charge in [-0.2, -0.15) is 4.31 Å². The largest absolute Gasteiger partial charge is 0.497 e. The first-order chi connectivity index (χ1) is 14.5. The summed E-state index contributed by atoms with van der Waals surface area (Å²) >= 11 is 1.48. The van der Waals surface area contributed by atoms with E-state index in [4.69, 9.17) is 9.47 Å². The number of hydrogen-bond donors (Lipinski definition) is 0. The Balaban J connectivity index is 1.46. The Labute approximate surface area is 181 Å². The summed E-state index contributed by atoms with van der Waals surface area (Å²) < 4.78 is 38.9. The minimum Gasteiger partial charge on any atom is -0.497 e. The number of aryl methyl sites for hydroxylation is 1. The number of benzene rings is 2. The summed E-state index contributed by atoms with van der Waals surface area (Å²) in [6.07, 6.45) is 1.76. The molecule has 6 nitrogen and oxygen atoms in total. The zero-order valence-corrected chi connectivity index (χ0v) is 18.6. The van der Waals surface area contributed by atoms with Crippen LogP contribution in [-0.4, -0.2) is 30.9 Å². The number of methoxy groups -OCH3 is 1. The fourth-order valence-electron chi connectivity index (χ4n) is 3.15. The van der Waals surface area contributed by atoms with Crippen LogP contribution in [0.15, 0.2) is 58.8 Å². The highest BCUT2D eigenvalue weighted by Crippen LogP contribution is 2.34. The Bertz CT molecular complexity index is 1110. The highest BCUT2D eigenvalue weighted by atomic mass is 32.2. The Morgan fingerprint density at radius 1 is 1.13 bits per heavy atom. The molecule has 1 saturated carbocycles. The van der Waals surface area contributed by atoms with Gasteiger partial charge in [0.25, 0.3) is 0 Å². The summed E-state index contributed by atoms with van der Waals surface area (Å²) in [7, 11) is -2.04. The van der Waals surface area contributed by atoms with Gasteiger partial charge in [-0.3, -0.25) is 0 Å². The van der Waals surface area contributed by atoms with Crippen LogP contribution < -0.4 is 9.47 Å². The maximum Gasteiger partial charge on any atom is 0.243 e. The van der Waals surface area contributed by atoms with Crippen LogP contribution in [0.4, 0.5) is 0 Å². The van der Waals surface area contributed by atoms with Crippen LogP contribution >= 0.6 is 11.3 Å². The van der Waals surface area contributed by atoms with Crippen molar-refractivity contribution in [2.75, 3.05) is 7.11 Å². The summed E-state index contributed by atoms with van der Waals surface area (Å²) in [6.45, 7) is 2.65. The third-order valence-electron chi connectivity index (χ3n) is 4.89. The van der Waals surface area contributed by atoms with Gasteiger partial charge >= 0.3 is 0 Å². The van der Waals surface area contributed by atoms with Crippen LogP contribution in [0.1, 0.15) is 29.1 Å². The van der Waals surface area contributed by atoms with Crippen molar-refractivity contribution in [1.29, 1.82) is 0 Å². The minimum absolute atomic E-state index is 0.0331. The van der Waals surface area contributed by atoms with E-state index in [1.165, 1.54) is 11.3 Å². The van der Waals surface area contributed by atoms with Crippen molar-refractivity contribution in [2.45, 2.75) is 43.9 Å². The summed E-state index contributed by atoms with van der Waals surface area (Å²) in [4.78, 5) is 4.87. The molecule has 1 aliphatic rings. The second kappa shape index (κ2) is 8.75. The maximum atomic E-state index is 13.2. The highest BCUT2D eigenvalue weighted by Gasteiger charge is 2.38. The van der Waals surface area contributed by atoms with E-state index in [1.807, 2.05) is 36.6 Å². The maximum absolute atomic E-state index is 13.2. The lowest BCUT2D eigenvalue weighted by atomic mass is 10.2. The lowest BCUT2D eigenvalue weighted by Gasteiger charge is -2.21. The van der Waals surface area contributed by atoms with Crippen molar-refractivity contribution >= 4 is 21.4 Å². The normalized spacial score (nSPS) is 14.1. The Morgan fingerprint density at radius 2 is 1.90 bits per heavy atom. The van der Waals surface area contributed by atoms with Crippen LogP contribution in [0.2, 0.25) is 0 Å². The van der Waals surface area contributed by atoms with Gasteiger partial charge in [0, 0.05) is 11.4 Å². The van der Waals surface area contributed by atoms with Gasteiger partial charge in [0.2, 0.25) is 10.0 Å². The molecule has 0 unspecified atom stereocenters. The van der Waals surface area contributed by atoms with Gasteiger partial charge in [-0.25, -0.2) is 13.4 Å². The number of nitrogens with zero attached hydrogens (tertiary/aromatic N) is 2. The molecule has 0 N–H and O–H groups in total. The van der Waals surface area contributed by atoms with E-state index in [9.17, 15) is 8.42 Å². The summed E-state index contributed by atoms with van der Waals surface area (Å²) in [6, 6.07) is 14.4. The zero-order valence-electron chi connectivity index (χ0n) is 16.9. The third-order valence-corrected chi connectivity index (χ3v) is 7.67. The lowest BCUT2D eigenvalue weighted by molar-refractivity contribution is 0.304. The molecule has 1 aromatic heterocycles. The van der Waals surface area contributed by atoms with Crippen LogP contribution in [0.3, 0.4) is 0 Å². The summed E-state index contributed by atoms with van der Waals surface area (Å²) in [5.41, 5.74) is 1.88. The number of sulfonamides is 1. The molecule has 0 aliphatic heterocycles. The quantitative estimate of drug-likeness (QED) is 0.490. The standard InChI is InChI=1S/C22H24N2O4S2/c1-16-4-3-5-20(12-16)28-14-22-23-17(15-29-22)13-24(18-6-7-18)30(25,26)21-10-8-19(27-2)9-11-21/h3-5,8-12,15,18H,6-7,13-14H2,1-2H3. The molecular formula is C22H24N2O4S2. The Morgan fingerprint density at radius 3 is 2.57 bits per heavy atom. The highest BCUT2D eigenvalue weighted by molar-refractivity contribution is 7.89. The molecule has 0 atom stereocenters. The van der Waals surface area contributed by atoms with Gasteiger partial charge in [0.1, 0.15) is 23.1 Å². The number of ether oxygens (including phenoxy) is 2. The van der Waals surface area contributed by atoms with Crippen molar-refractivity contribution in [2.24, 2.45) is 0 Å². The molecule has 0 amide bonds. The number of hydrogen-bond acceptors (Lipinski definition) is 6. The SMILES string of the molecule is COc1ccc(S(=O)(=O)N(Cc2csc(COc3cccc(C)c3)n2)C2CC2)cc1. The fraction of sp³-hybridized carbons (Fsp3) is 0.318. The molecule has 158 valence electrons. The summed E-state index contributed by atoms with van der Waals surface area (Å²) in [5.74, 6) is 1.43. The number of thiazole rings is 1. The Hall–Kier alpha value is -2.42. The first kappa shape index (κ1) is 20.8. The van der Waals surface area contributed by atoms with E-state index in [0.29, 0.717) is 12.4 Å². The van der Waals surface area contributed by atoms with Crippen LogP contribution in [-0.2, 0) is 23.2 Å². The minimum atomic E-state index is -3.60. The van der Waals surface area contributed by atoms with Crippen molar-refractivity contribution in [3.05, 3.63) is 70.2 Å².